The van der Waals surface area contributed by atoms with Crippen LogP contribution in [0.3, 0.4) is 0 Å². The molecule has 0 aliphatic heterocycles. The fourth-order valence-electron chi connectivity index (χ4n) is 1.36. The molecule has 0 saturated carbocycles. The van der Waals surface area contributed by atoms with Crippen molar-refractivity contribution in [3.05, 3.63) is 52.3 Å². The molecule has 0 amide bonds. The molecule has 0 radical (unpaired) electrons. The van der Waals surface area contributed by atoms with E-state index in [1.54, 1.807) is 12.1 Å². The van der Waals surface area contributed by atoms with Gasteiger partial charge in [-0.2, -0.15) is 0 Å². The molecule has 7 heteroatoms. The summed E-state index contributed by atoms with van der Waals surface area (Å²) in [5, 5.41) is 13.5. The Kier molecular flexibility index (Phi) is 3.33. The maximum atomic E-state index is 10.5. The molecule has 0 spiro atoms. The Bertz CT molecular complexity index is 538. The second-order valence-electron chi connectivity index (χ2n) is 3.60. The van der Waals surface area contributed by atoms with Crippen LogP contribution < -0.4 is 11.1 Å². The molecule has 1 aromatic heterocycles. The monoisotopic (exact) mass is 245 g/mol. The van der Waals surface area contributed by atoms with E-state index in [4.69, 9.17) is 5.73 Å². The van der Waals surface area contributed by atoms with Gasteiger partial charge in [0.05, 0.1) is 17.3 Å². The Morgan fingerprint density at radius 1 is 1.22 bits per heavy atom. The lowest BCUT2D eigenvalue weighted by Gasteiger charge is -2.05. The highest BCUT2D eigenvalue weighted by molar-refractivity contribution is 5.38. The molecule has 0 aliphatic rings. The molecule has 2 aromatic rings. The van der Waals surface area contributed by atoms with Gasteiger partial charge < -0.3 is 11.1 Å². The summed E-state index contributed by atoms with van der Waals surface area (Å²) in [5.41, 5.74) is 6.40. The Morgan fingerprint density at radius 2 is 1.94 bits per heavy atom. The fraction of sp³-hybridized carbons (Fsp3) is 0.0909. The number of nitrogens with zero attached hydrogens (tertiary/aromatic N) is 3. The third-order valence-corrected chi connectivity index (χ3v) is 2.29. The van der Waals surface area contributed by atoms with Gasteiger partial charge in [-0.3, -0.25) is 10.1 Å². The first-order valence-corrected chi connectivity index (χ1v) is 5.20. The van der Waals surface area contributed by atoms with Crippen molar-refractivity contribution in [3.63, 3.8) is 0 Å². The summed E-state index contributed by atoms with van der Waals surface area (Å²) in [7, 11) is 0. The largest absolute Gasteiger partial charge is 0.382 e. The molecule has 0 aliphatic carbocycles. The zero-order valence-corrected chi connectivity index (χ0v) is 9.41. The van der Waals surface area contributed by atoms with Crippen molar-refractivity contribution in [2.75, 3.05) is 11.1 Å². The van der Waals surface area contributed by atoms with Crippen LogP contribution in [-0.4, -0.2) is 14.9 Å². The fourth-order valence-corrected chi connectivity index (χ4v) is 1.36. The van der Waals surface area contributed by atoms with E-state index in [-0.39, 0.29) is 5.69 Å². The van der Waals surface area contributed by atoms with Crippen molar-refractivity contribution in [1.29, 1.82) is 0 Å². The average Bonchev–Trinajstić information content (AvgIpc) is 2.38. The molecule has 7 nitrogen and oxygen atoms in total. The van der Waals surface area contributed by atoms with Gasteiger partial charge in [0.2, 0.25) is 0 Å². The summed E-state index contributed by atoms with van der Waals surface area (Å²) in [4.78, 5) is 18.0. The number of nitrogens with one attached hydrogen (secondary N) is 1. The lowest BCUT2D eigenvalue weighted by molar-refractivity contribution is -0.384. The number of nitrogens with two attached hydrogens (primary N) is 1. The molecular formula is C11H11N5O2. The molecule has 18 heavy (non-hydrogen) atoms. The summed E-state index contributed by atoms with van der Waals surface area (Å²) in [6.45, 7) is 0.511. The van der Waals surface area contributed by atoms with Gasteiger partial charge in [-0.25, -0.2) is 9.97 Å². The van der Waals surface area contributed by atoms with Crippen LogP contribution in [0.2, 0.25) is 0 Å². The second kappa shape index (κ2) is 5.09. The molecule has 0 unspecified atom stereocenters. The maximum absolute atomic E-state index is 10.5. The number of non-ortho nitro benzene ring substituents is 1. The highest BCUT2D eigenvalue weighted by Crippen LogP contribution is 2.13. The van der Waals surface area contributed by atoms with Gasteiger partial charge in [-0.15, -0.1) is 0 Å². The van der Waals surface area contributed by atoms with Crippen molar-refractivity contribution < 1.29 is 4.92 Å². The molecule has 3 N–H and O–H groups in total. The predicted molar refractivity (Wildman–Crippen MR) is 66.9 cm³/mol. The van der Waals surface area contributed by atoms with Gasteiger partial charge in [0.1, 0.15) is 11.6 Å². The van der Waals surface area contributed by atoms with Crippen LogP contribution in [0.4, 0.5) is 17.3 Å². The number of nitro groups is 1. The standard InChI is InChI=1S/C11H11N5O2/c12-10-6-15-11(7-13-10)14-5-8-1-3-9(4-2-8)16(17)18/h1-4,6-7H,5H2,(H2,12,13)(H,14,15). The molecule has 0 fully saturated rings. The lowest BCUT2D eigenvalue weighted by atomic mass is 10.2. The number of hydrogen-bond acceptors (Lipinski definition) is 6. The zero-order chi connectivity index (χ0) is 13.0. The van der Waals surface area contributed by atoms with E-state index in [0.29, 0.717) is 18.2 Å². The topological polar surface area (TPSA) is 107 Å². The van der Waals surface area contributed by atoms with E-state index in [9.17, 15) is 10.1 Å². The molecule has 0 bridgehead atoms. The van der Waals surface area contributed by atoms with E-state index in [2.05, 4.69) is 15.3 Å². The van der Waals surface area contributed by atoms with Crippen molar-refractivity contribution in [1.82, 2.24) is 9.97 Å². The number of benzene rings is 1. The SMILES string of the molecule is Nc1cnc(NCc2ccc([N+](=O)[O-])cc2)cn1. The minimum Gasteiger partial charge on any atom is -0.382 e. The van der Waals surface area contributed by atoms with Crippen LogP contribution in [-0.2, 0) is 6.54 Å². The number of nitrogen functional groups attached to an aromatic ring is 1. The third-order valence-electron chi connectivity index (χ3n) is 2.29. The van der Waals surface area contributed by atoms with E-state index in [1.165, 1.54) is 24.5 Å². The Balaban J connectivity index is 1.97. The van der Waals surface area contributed by atoms with E-state index in [0.717, 1.165) is 5.56 Å². The van der Waals surface area contributed by atoms with Gasteiger partial charge in [0, 0.05) is 18.7 Å². The maximum Gasteiger partial charge on any atom is 0.269 e. The number of rotatable bonds is 4. The quantitative estimate of drug-likeness (QED) is 0.625. The van der Waals surface area contributed by atoms with Crippen LogP contribution in [0.1, 0.15) is 5.56 Å². The smallest absolute Gasteiger partial charge is 0.269 e. The van der Waals surface area contributed by atoms with Crippen LogP contribution in [0.25, 0.3) is 0 Å². The molecule has 1 heterocycles. The van der Waals surface area contributed by atoms with Crippen molar-refractivity contribution in [3.8, 4) is 0 Å². The van der Waals surface area contributed by atoms with Crippen molar-refractivity contribution in [2.45, 2.75) is 6.54 Å². The third kappa shape index (κ3) is 2.91. The molecule has 2 rings (SSSR count). The molecule has 0 saturated heterocycles. The first-order valence-electron chi connectivity index (χ1n) is 5.20. The minimum atomic E-state index is -0.428. The molecular weight excluding hydrogens is 234 g/mol. The summed E-state index contributed by atoms with van der Waals surface area (Å²) in [5.74, 6) is 0.957. The van der Waals surface area contributed by atoms with E-state index >= 15 is 0 Å². The predicted octanol–water partition coefficient (Wildman–Crippen LogP) is 1.58. The first kappa shape index (κ1) is 11.8. The van der Waals surface area contributed by atoms with Crippen LogP contribution in [0.5, 0.6) is 0 Å². The minimum absolute atomic E-state index is 0.0750. The van der Waals surface area contributed by atoms with Gasteiger partial charge in [-0.1, -0.05) is 12.1 Å². The Labute approximate surface area is 103 Å². The van der Waals surface area contributed by atoms with Crippen LogP contribution in [0.15, 0.2) is 36.7 Å². The molecule has 1 aromatic carbocycles. The van der Waals surface area contributed by atoms with Crippen molar-refractivity contribution >= 4 is 17.3 Å². The van der Waals surface area contributed by atoms with Gasteiger partial charge in [-0.05, 0) is 5.56 Å². The number of anilines is 2. The lowest BCUT2D eigenvalue weighted by Crippen LogP contribution is -2.02. The van der Waals surface area contributed by atoms with Crippen molar-refractivity contribution in [2.24, 2.45) is 0 Å². The van der Waals surface area contributed by atoms with Gasteiger partial charge in [0.15, 0.2) is 0 Å². The highest BCUT2D eigenvalue weighted by Gasteiger charge is 2.03. The second-order valence-corrected chi connectivity index (χ2v) is 3.60. The van der Waals surface area contributed by atoms with Crippen LogP contribution >= 0.6 is 0 Å². The Hall–Kier alpha value is -2.70. The summed E-state index contributed by atoms with van der Waals surface area (Å²) in [6.07, 6.45) is 2.99. The first-order chi connectivity index (χ1) is 8.65. The number of aromatic nitrogens is 2. The molecule has 0 atom stereocenters. The molecule has 92 valence electrons. The number of nitro benzene ring substituents is 1. The summed E-state index contributed by atoms with van der Waals surface area (Å²) in [6, 6.07) is 6.31. The van der Waals surface area contributed by atoms with Gasteiger partial charge in [0.25, 0.3) is 5.69 Å². The van der Waals surface area contributed by atoms with Gasteiger partial charge >= 0.3 is 0 Å². The normalized spacial score (nSPS) is 10.0. The zero-order valence-electron chi connectivity index (χ0n) is 9.41. The van der Waals surface area contributed by atoms with E-state index < -0.39 is 4.92 Å². The number of hydrogen-bond donors (Lipinski definition) is 2. The van der Waals surface area contributed by atoms with Crippen LogP contribution in [0, 0.1) is 10.1 Å². The van der Waals surface area contributed by atoms with E-state index in [1.807, 2.05) is 0 Å². The average molecular weight is 245 g/mol. The Morgan fingerprint density at radius 3 is 2.50 bits per heavy atom. The summed E-state index contributed by atoms with van der Waals surface area (Å²) >= 11 is 0. The highest BCUT2D eigenvalue weighted by atomic mass is 16.6. The summed E-state index contributed by atoms with van der Waals surface area (Å²) < 4.78 is 0.